The molecule has 9 heteroatoms. The predicted octanol–water partition coefficient (Wildman–Crippen LogP) is 5.87. The number of carbonyl (C=O) groups excluding carboxylic acids is 1. The summed E-state index contributed by atoms with van der Waals surface area (Å²) in [5.74, 6) is -0.00365. The number of hydrogen-bond donors (Lipinski definition) is 3. The fraction of sp³-hybridized carbons (Fsp3) is 0.576. The number of amides is 1. The Balaban J connectivity index is 2.00. The molecule has 0 aromatic heterocycles. The van der Waals surface area contributed by atoms with Gasteiger partial charge in [0.15, 0.2) is 0 Å². The van der Waals surface area contributed by atoms with Crippen LogP contribution in [0.3, 0.4) is 0 Å². The monoisotopic (exact) mass is 580 g/mol. The molecule has 3 N–H and O–H groups in total. The third-order valence-electron chi connectivity index (χ3n) is 7.83. The van der Waals surface area contributed by atoms with E-state index >= 15 is 0 Å². The smallest absolute Gasteiger partial charge is 0.235 e. The summed E-state index contributed by atoms with van der Waals surface area (Å²) in [6.45, 7) is 11.7. The second kappa shape index (κ2) is 19.8. The first kappa shape index (κ1) is 34.9. The van der Waals surface area contributed by atoms with Crippen molar-refractivity contribution in [1.29, 1.82) is 0 Å². The molecule has 1 amide bonds. The van der Waals surface area contributed by atoms with Crippen molar-refractivity contribution in [3.05, 3.63) is 76.2 Å². The lowest BCUT2D eigenvalue weighted by atomic mass is 9.71. The van der Waals surface area contributed by atoms with Crippen LogP contribution < -0.4 is 16.1 Å². The van der Waals surface area contributed by atoms with E-state index in [2.05, 4.69) is 56.4 Å². The van der Waals surface area contributed by atoms with Crippen molar-refractivity contribution in [3.8, 4) is 0 Å². The Labute approximate surface area is 253 Å². The lowest BCUT2D eigenvalue weighted by Gasteiger charge is -2.37. The topological polar surface area (TPSA) is 107 Å². The third-order valence-corrected chi connectivity index (χ3v) is 7.83. The Morgan fingerprint density at radius 3 is 2.45 bits per heavy atom. The number of unbranched alkanes of at least 4 members (excludes halogenated alkanes) is 1. The number of hydrazone groups is 1. The van der Waals surface area contributed by atoms with Crippen LogP contribution in [0, 0.1) is 10.3 Å². The van der Waals surface area contributed by atoms with Crippen LogP contribution in [0.5, 0.6) is 0 Å². The van der Waals surface area contributed by atoms with Crippen LogP contribution in [0.2, 0.25) is 0 Å². The van der Waals surface area contributed by atoms with Gasteiger partial charge in [0.2, 0.25) is 5.91 Å². The van der Waals surface area contributed by atoms with Crippen LogP contribution in [0.25, 0.3) is 0 Å². The summed E-state index contributed by atoms with van der Waals surface area (Å²) in [5, 5.41) is 13.7. The first-order valence-corrected chi connectivity index (χ1v) is 15.4. The molecular weight excluding hydrogens is 528 g/mol. The number of nitrogens with one attached hydrogen (secondary N) is 3. The first-order chi connectivity index (χ1) is 20.4. The SMILES string of the molecule is C/C=C(\C=C/C(C)OC/C(=C\C=C(/C)N1CCCCC1)N=O)NC(=O)C1(C(/C=C\CC/C=N\NC)=C/C)CCNCC1. The lowest BCUT2D eigenvalue weighted by Crippen LogP contribution is -2.48. The molecule has 42 heavy (non-hydrogen) atoms. The summed E-state index contributed by atoms with van der Waals surface area (Å²) in [7, 11) is 1.78. The number of allylic oxidation sites excluding steroid dienone is 8. The summed E-state index contributed by atoms with van der Waals surface area (Å²) < 4.78 is 5.87. The minimum Gasteiger partial charge on any atom is -0.375 e. The number of likely N-dealkylation sites (tertiary alicyclic amines) is 1. The number of ether oxygens (including phenoxy) is 1. The Hall–Kier alpha value is -3.30. The van der Waals surface area contributed by atoms with Gasteiger partial charge in [-0.05, 0) is 115 Å². The number of rotatable bonds is 16. The molecule has 2 aliphatic heterocycles. The molecule has 0 aromatic rings. The summed E-state index contributed by atoms with van der Waals surface area (Å²) >= 11 is 0. The molecule has 2 fully saturated rings. The molecule has 2 heterocycles. The Morgan fingerprint density at radius 1 is 1.07 bits per heavy atom. The van der Waals surface area contributed by atoms with Gasteiger partial charge in [-0.25, -0.2) is 0 Å². The predicted molar refractivity (Wildman–Crippen MR) is 174 cm³/mol. The molecule has 0 spiro atoms. The zero-order chi connectivity index (χ0) is 30.6. The van der Waals surface area contributed by atoms with E-state index in [1.165, 1.54) is 19.3 Å². The third kappa shape index (κ3) is 11.5. The number of carbonyl (C=O) groups is 1. The fourth-order valence-electron chi connectivity index (χ4n) is 5.22. The number of piperidine rings is 2. The van der Waals surface area contributed by atoms with E-state index in [1.807, 2.05) is 51.3 Å². The average molecular weight is 581 g/mol. The second-order valence-corrected chi connectivity index (χ2v) is 10.8. The molecular formula is C33H52N6O3. The van der Waals surface area contributed by atoms with Gasteiger partial charge in [0.05, 0.1) is 18.1 Å². The van der Waals surface area contributed by atoms with Gasteiger partial charge in [-0.1, -0.05) is 30.4 Å². The van der Waals surface area contributed by atoms with Gasteiger partial charge in [-0.3, -0.25) is 4.79 Å². The molecule has 0 bridgehead atoms. The van der Waals surface area contributed by atoms with Gasteiger partial charge < -0.3 is 25.7 Å². The van der Waals surface area contributed by atoms with Crippen molar-refractivity contribution in [2.24, 2.45) is 15.7 Å². The van der Waals surface area contributed by atoms with E-state index in [4.69, 9.17) is 4.74 Å². The fourth-order valence-corrected chi connectivity index (χ4v) is 5.22. The van der Waals surface area contributed by atoms with Crippen LogP contribution in [-0.2, 0) is 9.53 Å². The van der Waals surface area contributed by atoms with Gasteiger partial charge in [0.25, 0.3) is 0 Å². The molecule has 1 atom stereocenters. The first-order valence-electron chi connectivity index (χ1n) is 15.4. The van der Waals surface area contributed by atoms with Gasteiger partial charge in [0.1, 0.15) is 5.70 Å². The van der Waals surface area contributed by atoms with Gasteiger partial charge in [0, 0.05) is 37.7 Å². The molecule has 9 nitrogen and oxygen atoms in total. The Kier molecular flexibility index (Phi) is 16.4. The average Bonchev–Trinajstić information content (AvgIpc) is 3.03. The summed E-state index contributed by atoms with van der Waals surface area (Å²) in [6, 6.07) is 0. The minimum absolute atomic E-state index is 0.00365. The zero-order valence-corrected chi connectivity index (χ0v) is 26.3. The Morgan fingerprint density at radius 2 is 1.81 bits per heavy atom. The van der Waals surface area contributed by atoms with E-state index in [9.17, 15) is 9.70 Å². The van der Waals surface area contributed by atoms with Crippen molar-refractivity contribution in [1.82, 2.24) is 21.0 Å². The van der Waals surface area contributed by atoms with Crippen molar-refractivity contribution in [2.45, 2.75) is 78.7 Å². The molecule has 232 valence electrons. The van der Waals surface area contributed by atoms with Crippen LogP contribution >= 0.6 is 0 Å². The van der Waals surface area contributed by atoms with E-state index < -0.39 is 5.41 Å². The summed E-state index contributed by atoms with van der Waals surface area (Å²) in [5.41, 5.74) is 5.39. The van der Waals surface area contributed by atoms with Crippen LogP contribution in [0.15, 0.2) is 81.6 Å². The molecule has 0 aromatic carbocycles. The standard InChI is InChI=1S/C33H52N6O3/c1-6-29(14-10-8-11-21-36-34-5)33(19-22-35-23-20-33)32(40)37-30(7-2)18-16-28(4)42-26-31(38-41)17-15-27(3)39-24-12-9-13-25-39/h6-7,10,14-18,21,28,34-35H,8-9,11-13,19-20,22-26H2,1-5H3,(H,37,40)/b14-10-,18-16-,27-15+,29-6+,30-7+,31-17+,36-21-. The van der Waals surface area contributed by atoms with E-state index in [0.29, 0.717) is 11.4 Å². The number of nitrogens with zero attached hydrogens (tertiary/aromatic N) is 3. The summed E-state index contributed by atoms with van der Waals surface area (Å²) in [4.78, 5) is 27.5. The summed E-state index contributed by atoms with van der Waals surface area (Å²) in [6.07, 6.45) is 24.0. The van der Waals surface area contributed by atoms with E-state index in [0.717, 1.165) is 63.1 Å². The zero-order valence-electron chi connectivity index (χ0n) is 26.3. The van der Waals surface area contributed by atoms with Crippen molar-refractivity contribution >= 4 is 12.1 Å². The largest absolute Gasteiger partial charge is 0.375 e. The van der Waals surface area contributed by atoms with E-state index in [1.54, 1.807) is 13.1 Å². The van der Waals surface area contributed by atoms with Crippen molar-refractivity contribution < 1.29 is 9.53 Å². The molecule has 0 saturated carbocycles. The maximum atomic E-state index is 13.8. The van der Waals surface area contributed by atoms with Gasteiger partial charge >= 0.3 is 0 Å². The van der Waals surface area contributed by atoms with Gasteiger partial charge in [-0.15, -0.1) is 4.91 Å². The number of nitroso groups, excluding NO2 is 1. The van der Waals surface area contributed by atoms with E-state index in [-0.39, 0.29) is 18.6 Å². The lowest BCUT2D eigenvalue weighted by molar-refractivity contribution is -0.129. The van der Waals surface area contributed by atoms with Gasteiger partial charge in [-0.2, -0.15) is 5.10 Å². The highest BCUT2D eigenvalue weighted by Gasteiger charge is 2.41. The normalized spacial score (nSPS) is 20.0. The van der Waals surface area contributed by atoms with Crippen LogP contribution in [0.1, 0.15) is 72.6 Å². The highest BCUT2D eigenvalue weighted by atomic mass is 16.5. The minimum atomic E-state index is -0.602. The van der Waals surface area contributed by atoms with Crippen molar-refractivity contribution in [2.75, 3.05) is 39.8 Å². The quantitative estimate of drug-likeness (QED) is 0.0694. The second-order valence-electron chi connectivity index (χ2n) is 10.8. The molecule has 0 radical (unpaired) electrons. The molecule has 1 unspecified atom stereocenters. The Bertz CT molecular complexity index is 1060. The molecule has 0 aliphatic carbocycles. The van der Waals surface area contributed by atoms with Crippen molar-refractivity contribution in [3.63, 3.8) is 0 Å². The number of hydrogen-bond acceptors (Lipinski definition) is 8. The van der Waals surface area contributed by atoms with Crippen LogP contribution in [-0.4, -0.2) is 63.0 Å². The molecule has 2 saturated heterocycles. The van der Waals surface area contributed by atoms with Crippen LogP contribution in [0.4, 0.5) is 0 Å². The highest BCUT2D eigenvalue weighted by molar-refractivity contribution is 5.88. The molecule has 2 rings (SSSR count). The maximum absolute atomic E-state index is 13.8. The highest BCUT2D eigenvalue weighted by Crippen LogP contribution is 2.38. The maximum Gasteiger partial charge on any atom is 0.235 e. The molecule has 2 aliphatic rings.